The average molecular weight is 236 g/mol. The van der Waals surface area contributed by atoms with Crippen LogP contribution >= 0.6 is 0 Å². The number of Topliss-reactive ketones (excluding diaryl/α,β-unsaturated/α-hetero) is 1. The fourth-order valence-electron chi connectivity index (χ4n) is 1.40. The SMILES string of the molecule is COc1ccc(NC(C)=O)c(C(=O)C(C)N)c1. The van der Waals surface area contributed by atoms with Gasteiger partial charge in [0.2, 0.25) is 5.91 Å². The third-order valence-corrected chi connectivity index (χ3v) is 2.22. The Morgan fingerprint density at radius 1 is 1.41 bits per heavy atom. The molecule has 1 aromatic carbocycles. The molecule has 0 saturated carbocycles. The lowest BCUT2D eigenvalue weighted by Gasteiger charge is -2.12. The number of rotatable bonds is 4. The van der Waals surface area contributed by atoms with Gasteiger partial charge in [0.25, 0.3) is 0 Å². The van der Waals surface area contributed by atoms with Crippen molar-refractivity contribution in [1.29, 1.82) is 0 Å². The van der Waals surface area contributed by atoms with Crippen LogP contribution in [0.3, 0.4) is 0 Å². The first kappa shape index (κ1) is 13.2. The van der Waals surface area contributed by atoms with Crippen LogP contribution in [0, 0.1) is 0 Å². The van der Waals surface area contributed by atoms with Crippen LogP contribution < -0.4 is 15.8 Å². The topological polar surface area (TPSA) is 81.4 Å². The summed E-state index contributed by atoms with van der Waals surface area (Å²) in [6.45, 7) is 2.98. The van der Waals surface area contributed by atoms with E-state index in [-0.39, 0.29) is 11.7 Å². The maximum Gasteiger partial charge on any atom is 0.221 e. The van der Waals surface area contributed by atoms with Crippen LogP contribution in [-0.4, -0.2) is 24.8 Å². The second-order valence-corrected chi connectivity index (χ2v) is 3.75. The van der Waals surface area contributed by atoms with E-state index >= 15 is 0 Å². The molecule has 0 spiro atoms. The maximum atomic E-state index is 11.9. The molecule has 0 aromatic heterocycles. The minimum absolute atomic E-state index is 0.242. The lowest BCUT2D eigenvalue weighted by molar-refractivity contribution is -0.114. The van der Waals surface area contributed by atoms with Crippen molar-refractivity contribution in [2.45, 2.75) is 19.9 Å². The van der Waals surface area contributed by atoms with Gasteiger partial charge in [-0.25, -0.2) is 0 Å². The highest BCUT2D eigenvalue weighted by Crippen LogP contribution is 2.23. The molecule has 0 aliphatic rings. The Morgan fingerprint density at radius 3 is 2.53 bits per heavy atom. The minimum Gasteiger partial charge on any atom is -0.497 e. The number of ketones is 1. The highest BCUT2D eigenvalue weighted by molar-refractivity contribution is 6.07. The van der Waals surface area contributed by atoms with Crippen LogP contribution in [0.2, 0.25) is 0 Å². The van der Waals surface area contributed by atoms with Gasteiger partial charge in [-0.15, -0.1) is 0 Å². The molecule has 5 nitrogen and oxygen atoms in total. The number of benzene rings is 1. The first-order chi connectivity index (χ1) is 7.95. The van der Waals surface area contributed by atoms with E-state index in [9.17, 15) is 9.59 Å². The van der Waals surface area contributed by atoms with Crippen LogP contribution in [0.4, 0.5) is 5.69 Å². The number of nitrogens with two attached hydrogens (primary N) is 1. The summed E-state index contributed by atoms with van der Waals surface area (Å²) in [5.41, 5.74) is 6.36. The molecule has 1 aromatic rings. The number of ether oxygens (including phenoxy) is 1. The summed E-state index contributed by atoms with van der Waals surface area (Å²) in [7, 11) is 1.51. The van der Waals surface area contributed by atoms with Gasteiger partial charge in [0, 0.05) is 12.5 Å². The van der Waals surface area contributed by atoms with Crippen LogP contribution in [0.15, 0.2) is 18.2 Å². The van der Waals surface area contributed by atoms with Gasteiger partial charge >= 0.3 is 0 Å². The van der Waals surface area contributed by atoms with Crippen molar-refractivity contribution in [2.24, 2.45) is 5.73 Å². The van der Waals surface area contributed by atoms with Crippen molar-refractivity contribution in [3.8, 4) is 5.75 Å². The first-order valence-corrected chi connectivity index (χ1v) is 5.21. The van der Waals surface area contributed by atoms with Gasteiger partial charge < -0.3 is 15.8 Å². The molecule has 3 N–H and O–H groups in total. The molecular formula is C12H16N2O3. The highest BCUT2D eigenvalue weighted by atomic mass is 16.5. The molecule has 0 saturated heterocycles. The Bertz CT molecular complexity index is 441. The summed E-state index contributed by atoms with van der Waals surface area (Å²) in [4.78, 5) is 22.9. The molecule has 0 radical (unpaired) electrons. The summed E-state index contributed by atoms with van der Waals surface area (Å²) in [6.07, 6.45) is 0. The van der Waals surface area contributed by atoms with Gasteiger partial charge in [-0.3, -0.25) is 9.59 Å². The van der Waals surface area contributed by atoms with Gasteiger partial charge in [-0.05, 0) is 25.1 Å². The fourth-order valence-corrected chi connectivity index (χ4v) is 1.40. The predicted octanol–water partition coefficient (Wildman–Crippen LogP) is 1.18. The zero-order valence-electron chi connectivity index (χ0n) is 10.1. The Balaban J connectivity index is 3.20. The Labute approximate surface area is 99.9 Å². The molecule has 0 aliphatic heterocycles. The summed E-state index contributed by atoms with van der Waals surface area (Å²) in [5.74, 6) is 0.0599. The van der Waals surface area contributed by atoms with Gasteiger partial charge in [-0.1, -0.05) is 0 Å². The van der Waals surface area contributed by atoms with E-state index in [2.05, 4.69) is 5.32 Å². The van der Waals surface area contributed by atoms with Crippen molar-refractivity contribution < 1.29 is 14.3 Å². The zero-order valence-corrected chi connectivity index (χ0v) is 10.1. The first-order valence-electron chi connectivity index (χ1n) is 5.21. The molecule has 1 rings (SSSR count). The quantitative estimate of drug-likeness (QED) is 0.769. The van der Waals surface area contributed by atoms with E-state index in [4.69, 9.17) is 10.5 Å². The summed E-state index contributed by atoms with van der Waals surface area (Å²) < 4.78 is 5.04. The number of carbonyl (C=O) groups is 2. The van der Waals surface area contributed by atoms with Crippen molar-refractivity contribution in [3.63, 3.8) is 0 Å². The molecule has 0 heterocycles. The second-order valence-electron chi connectivity index (χ2n) is 3.75. The molecule has 1 amide bonds. The van der Waals surface area contributed by atoms with Gasteiger partial charge in [0.15, 0.2) is 5.78 Å². The number of carbonyl (C=O) groups excluding carboxylic acids is 2. The lowest BCUT2D eigenvalue weighted by atomic mass is 10.0. The molecule has 1 atom stereocenters. The second kappa shape index (κ2) is 5.45. The van der Waals surface area contributed by atoms with E-state index in [1.807, 2.05) is 0 Å². The average Bonchev–Trinajstić information content (AvgIpc) is 2.27. The summed E-state index contributed by atoms with van der Waals surface area (Å²) in [6, 6.07) is 4.23. The molecule has 5 heteroatoms. The summed E-state index contributed by atoms with van der Waals surface area (Å²) in [5, 5.41) is 2.59. The third-order valence-electron chi connectivity index (χ3n) is 2.22. The van der Waals surface area contributed by atoms with Crippen molar-refractivity contribution in [1.82, 2.24) is 0 Å². The van der Waals surface area contributed by atoms with E-state index in [1.165, 1.54) is 14.0 Å². The van der Waals surface area contributed by atoms with Gasteiger partial charge in [0.05, 0.1) is 18.8 Å². The largest absolute Gasteiger partial charge is 0.497 e. The van der Waals surface area contributed by atoms with Gasteiger partial charge in [0.1, 0.15) is 5.75 Å². The normalized spacial score (nSPS) is 11.8. The van der Waals surface area contributed by atoms with Gasteiger partial charge in [-0.2, -0.15) is 0 Å². The van der Waals surface area contributed by atoms with Crippen LogP contribution in [0.25, 0.3) is 0 Å². The van der Waals surface area contributed by atoms with Crippen molar-refractivity contribution in [3.05, 3.63) is 23.8 Å². The number of amides is 1. The summed E-state index contributed by atoms with van der Waals surface area (Å²) >= 11 is 0. The molecule has 0 fully saturated rings. The van der Waals surface area contributed by atoms with E-state index < -0.39 is 6.04 Å². The smallest absolute Gasteiger partial charge is 0.221 e. The third kappa shape index (κ3) is 3.29. The standard InChI is InChI=1S/C12H16N2O3/c1-7(13)12(16)10-6-9(17-3)4-5-11(10)14-8(2)15/h4-7H,13H2,1-3H3,(H,14,15). The number of methoxy groups -OCH3 is 1. The Morgan fingerprint density at radius 2 is 2.06 bits per heavy atom. The molecular weight excluding hydrogens is 220 g/mol. The van der Waals surface area contributed by atoms with Crippen LogP contribution in [-0.2, 0) is 4.79 Å². The minimum atomic E-state index is -0.630. The van der Waals surface area contributed by atoms with E-state index in [0.717, 1.165) is 0 Å². The Hall–Kier alpha value is -1.88. The van der Waals surface area contributed by atoms with Crippen LogP contribution in [0.1, 0.15) is 24.2 Å². The lowest BCUT2D eigenvalue weighted by Crippen LogP contribution is -2.27. The number of hydrogen-bond donors (Lipinski definition) is 2. The van der Waals surface area contributed by atoms with E-state index in [0.29, 0.717) is 17.0 Å². The van der Waals surface area contributed by atoms with Crippen LogP contribution in [0.5, 0.6) is 5.75 Å². The molecule has 1 unspecified atom stereocenters. The zero-order chi connectivity index (χ0) is 13.0. The maximum absolute atomic E-state index is 11.9. The number of anilines is 1. The van der Waals surface area contributed by atoms with Crippen molar-refractivity contribution >= 4 is 17.4 Å². The predicted molar refractivity (Wildman–Crippen MR) is 65.3 cm³/mol. The highest BCUT2D eigenvalue weighted by Gasteiger charge is 2.16. The van der Waals surface area contributed by atoms with E-state index in [1.54, 1.807) is 25.1 Å². The molecule has 0 aliphatic carbocycles. The molecule has 17 heavy (non-hydrogen) atoms. The fraction of sp³-hybridized carbons (Fsp3) is 0.333. The number of nitrogens with one attached hydrogen (secondary N) is 1. The molecule has 92 valence electrons. The molecule has 0 bridgehead atoms. The van der Waals surface area contributed by atoms with Crippen molar-refractivity contribution in [2.75, 3.05) is 12.4 Å². The Kier molecular flexibility index (Phi) is 4.23. The number of hydrogen-bond acceptors (Lipinski definition) is 4. The monoisotopic (exact) mass is 236 g/mol.